The predicted octanol–water partition coefficient (Wildman–Crippen LogP) is 2.50. The predicted molar refractivity (Wildman–Crippen MR) is 58.1 cm³/mol. The molecule has 0 aromatic heterocycles. The maximum atomic E-state index is 12.7. The van der Waals surface area contributed by atoms with Crippen LogP contribution in [0.4, 0.5) is 4.39 Å². The van der Waals surface area contributed by atoms with Crippen LogP contribution >= 0.6 is 24.0 Å². The molecule has 0 spiro atoms. The number of hydrogen-bond donors (Lipinski definition) is 1. The zero-order valence-corrected chi connectivity index (χ0v) is 9.29. The summed E-state index contributed by atoms with van der Waals surface area (Å²) in [5, 5.41) is 3.34. The minimum Gasteiger partial charge on any atom is -0.491 e. The van der Waals surface area contributed by atoms with Crippen molar-refractivity contribution >= 4 is 24.0 Å². The molecular formula is C9H12Cl2FNO. The number of likely N-dealkylation sites (N-methyl/N-ethyl adjacent to an activating group) is 1. The summed E-state index contributed by atoms with van der Waals surface area (Å²) in [7, 11) is 1.82. The van der Waals surface area contributed by atoms with E-state index in [4.69, 9.17) is 16.3 Å². The smallest absolute Gasteiger partial charge is 0.140 e. The van der Waals surface area contributed by atoms with Crippen LogP contribution in [0.15, 0.2) is 18.2 Å². The molecule has 1 aromatic rings. The molecule has 0 aliphatic heterocycles. The molecule has 0 saturated heterocycles. The SMILES string of the molecule is CNCCOc1cc(F)ccc1Cl.Cl. The van der Waals surface area contributed by atoms with Crippen molar-refractivity contribution in [1.82, 2.24) is 5.32 Å². The highest BCUT2D eigenvalue weighted by molar-refractivity contribution is 6.32. The second kappa shape index (κ2) is 6.87. The third-order valence-electron chi connectivity index (χ3n) is 1.50. The van der Waals surface area contributed by atoms with E-state index in [1.165, 1.54) is 18.2 Å². The van der Waals surface area contributed by atoms with E-state index in [1.54, 1.807) is 0 Å². The average Bonchev–Trinajstić information content (AvgIpc) is 2.11. The zero-order valence-electron chi connectivity index (χ0n) is 7.72. The monoisotopic (exact) mass is 239 g/mol. The number of halogens is 3. The molecule has 0 aliphatic carbocycles. The molecule has 5 heteroatoms. The van der Waals surface area contributed by atoms with Crippen molar-refractivity contribution in [3.63, 3.8) is 0 Å². The summed E-state index contributed by atoms with van der Waals surface area (Å²) >= 11 is 5.76. The molecule has 0 unspecified atom stereocenters. The minimum atomic E-state index is -0.344. The maximum Gasteiger partial charge on any atom is 0.140 e. The lowest BCUT2D eigenvalue weighted by atomic mass is 10.3. The number of rotatable bonds is 4. The van der Waals surface area contributed by atoms with Crippen molar-refractivity contribution < 1.29 is 9.13 Å². The summed E-state index contributed by atoms with van der Waals surface area (Å²) in [4.78, 5) is 0. The maximum absolute atomic E-state index is 12.7. The Morgan fingerprint density at radius 3 is 2.86 bits per heavy atom. The molecule has 1 aromatic carbocycles. The van der Waals surface area contributed by atoms with Gasteiger partial charge in [-0.15, -0.1) is 12.4 Å². The Labute approximate surface area is 93.8 Å². The lowest BCUT2D eigenvalue weighted by Crippen LogP contribution is -2.16. The number of benzene rings is 1. The summed E-state index contributed by atoms with van der Waals surface area (Å²) in [5.41, 5.74) is 0. The van der Waals surface area contributed by atoms with Crippen LogP contribution in [-0.2, 0) is 0 Å². The van der Waals surface area contributed by atoms with Gasteiger partial charge in [0.2, 0.25) is 0 Å². The fourth-order valence-corrected chi connectivity index (χ4v) is 1.02. The van der Waals surface area contributed by atoms with E-state index in [0.29, 0.717) is 23.9 Å². The summed E-state index contributed by atoms with van der Waals surface area (Å²) in [5.74, 6) is 0.0424. The van der Waals surface area contributed by atoms with Crippen LogP contribution in [0.5, 0.6) is 5.75 Å². The molecule has 1 N–H and O–H groups in total. The largest absolute Gasteiger partial charge is 0.491 e. The van der Waals surface area contributed by atoms with Crippen LogP contribution in [-0.4, -0.2) is 20.2 Å². The molecule has 0 radical (unpaired) electrons. The molecule has 1 rings (SSSR count). The van der Waals surface area contributed by atoms with Crippen LogP contribution in [0, 0.1) is 5.82 Å². The second-order valence-electron chi connectivity index (χ2n) is 2.53. The highest BCUT2D eigenvalue weighted by Crippen LogP contribution is 2.24. The van der Waals surface area contributed by atoms with E-state index >= 15 is 0 Å². The Morgan fingerprint density at radius 1 is 1.50 bits per heavy atom. The highest BCUT2D eigenvalue weighted by Gasteiger charge is 2.02. The molecule has 2 nitrogen and oxygen atoms in total. The Kier molecular flexibility index (Phi) is 6.62. The van der Waals surface area contributed by atoms with Gasteiger partial charge in [-0.05, 0) is 19.2 Å². The quantitative estimate of drug-likeness (QED) is 0.816. The molecule has 80 valence electrons. The van der Waals surface area contributed by atoms with Gasteiger partial charge in [0.1, 0.15) is 18.2 Å². The highest BCUT2D eigenvalue weighted by atomic mass is 35.5. The Morgan fingerprint density at radius 2 is 2.21 bits per heavy atom. The topological polar surface area (TPSA) is 21.3 Å². The first-order chi connectivity index (χ1) is 6.24. The van der Waals surface area contributed by atoms with Gasteiger partial charge in [-0.25, -0.2) is 4.39 Å². The van der Waals surface area contributed by atoms with E-state index in [-0.39, 0.29) is 18.2 Å². The first kappa shape index (κ1) is 13.5. The van der Waals surface area contributed by atoms with Gasteiger partial charge in [0.15, 0.2) is 0 Å². The lowest BCUT2D eigenvalue weighted by Gasteiger charge is -2.06. The van der Waals surface area contributed by atoms with Crippen molar-refractivity contribution in [3.8, 4) is 5.75 Å². The number of hydrogen-bond acceptors (Lipinski definition) is 2. The van der Waals surface area contributed by atoms with Crippen molar-refractivity contribution in [2.45, 2.75) is 0 Å². The van der Waals surface area contributed by atoms with E-state index in [9.17, 15) is 4.39 Å². The third kappa shape index (κ3) is 4.13. The number of ether oxygens (including phenoxy) is 1. The van der Waals surface area contributed by atoms with Gasteiger partial charge in [-0.2, -0.15) is 0 Å². The van der Waals surface area contributed by atoms with Gasteiger partial charge in [0.25, 0.3) is 0 Å². The van der Waals surface area contributed by atoms with Crippen LogP contribution in [0.1, 0.15) is 0 Å². The van der Waals surface area contributed by atoms with Gasteiger partial charge in [-0.3, -0.25) is 0 Å². The van der Waals surface area contributed by atoms with Crippen LogP contribution in [0.3, 0.4) is 0 Å². The molecule has 0 amide bonds. The van der Waals surface area contributed by atoms with E-state index in [2.05, 4.69) is 5.32 Å². The van der Waals surface area contributed by atoms with E-state index < -0.39 is 0 Å². The molecule has 0 aliphatic rings. The standard InChI is InChI=1S/C9H11ClFNO.ClH/c1-12-4-5-13-9-6-7(11)2-3-8(9)10;/h2-3,6,12H,4-5H2,1H3;1H. The van der Waals surface area contributed by atoms with Gasteiger partial charge in [0.05, 0.1) is 5.02 Å². The van der Waals surface area contributed by atoms with Gasteiger partial charge >= 0.3 is 0 Å². The van der Waals surface area contributed by atoms with E-state index in [0.717, 1.165) is 0 Å². The molecule has 0 fully saturated rings. The summed E-state index contributed by atoms with van der Waals surface area (Å²) in [6.45, 7) is 1.17. The summed E-state index contributed by atoms with van der Waals surface area (Å²) < 4.78 is 17.9. The average molecular weight is 240 g/mol. The molecular weight excluding hydrogens is 228 g/mol. The minimum absolute atomic E-state index is 0. The van der Waals surface area contributed by atoms with Crippen molar-refractivity contribution in [3.05, 3.63) is 29.0 Å². The Hall–Kier alpha value is -0.510. The normalized spacial score (nSPS) is 9.36. The first-order valence-corrected chi connectivity index (χ1v) is 4.34. The fourth-order valence-electron chi connectivity index (χ4n) is 0.851. The van der Waals surface area contributed by atoms with E-state index in [1.807, 2.05) is 7.05 Å². The van der Waals surface area contributed by atoms with Gasteiger partial charge in [0, 0.05) is 12.6 Å². The lowest BCUT2D eigenvalue weighted by molar-refractivity contribution is 0.317. The van der Waals surface area contributed by atoms with Gasteiger partial charge < -0.3 is 10.1 Å². The molecule has 14 heavy (non-hydrogen) atoms. The molecule has 0 bridgehead atoms. The Balaban J connectivity index is 0.00000169. The zero-order chi connectivity index (χ0) is 9.68. The number of nitrogens with one attached hydrogen (secondary N) is 1. The van der Waals surface area contributed by atoms with Gasteiger partial charge in [-0.1, -0.05) is 11.6 Å². The van der Waals surface area contributed by atoms with Crippen molar-refractivity contribution in [2.75, 3.05) is 20.2 Å². The molecule has 0 atom stereocenters. The van der Waals surface area contributed by atoms with Crippen molar-refractivity contribution in [2.24, 2.45) is 0 Å². The van der Waals surface area contributed by atoms with Crippen LogP contribution in [0.2, 0.25) is 5.02 Å². The third-order valence-corrected chi connectivity index (χ3v) is 1.82. The summed E-state index contributed by atoms with van der Waals surface area (Å²) in [6.07, 6.45) is 0. The van der Waals surface area contributed by atoms with Crippen LogP contribution < -0.4 is 10.1 Å². The fraction of sp³-hybridized carbons (Fsp3) is 0.333. The molecule has 0 saturated carbocycles. The van der Waals surface area contributed by atoms with Crippen LogP contribution in [0.25, 0.3) is 0 Å². The summed E-state index contributed by atoms with van der Waals surface area (Å²) in [6, 6.07) is 4.05. The Bertz CT molecular complexity index is 284. The second-order valence-corrected chi connectivity index (χ2v) is 2.93. The first-order valence-electron chi connectivity index (χ1n) is 3.96. The molecule has 0 heterocycles. The van der Waals surface area contributed by atoms with Crippen molar-refractivity contribution in [1.29, 1.82) is 0 Å².